The number of aliphatic hydroxyl groups is 1. The molecule has 1 aromatic rings. The van der Waals surface area contributed by atoms with Gasteiger partial charge in [0.05, 0.1) is 12.7 Å². The molecular weight excluding hydrogens is 272 g/mol. The summed E-state index contributed by atoms with van der Waals surface area (Å²) in [5.41, 5.74) is 0.806. The van der Waals surface area contributed by atoms with Gasteiger partial charge in [-0.1, -0.05) is 22.0 Å². The summed E-state index contributed by atoms with van der Waals surface area (Å²) in [6.45, 7) is 2.99. The highest BCUT2D eigenvalue weighted by Crippen LogP contribution is 2.28. The minimum atomic E-state index is -0.523. The first kappa shape index (κ1) is 13.5. The van der Waals surface area contributed by atoms with Gasteiger partial charge in [0.1, 0.15) is 5.75 Å². The van der Waals surface area contributed by atoms with E-state index in [1.54, 1.807) is 14.0 Å². The Morgan fingerprint density at radius 3 is 2.75 bits per heavy atom. The van der Waals surface area contributed by atoms with Gasteiger partial charge < -0.3 is 14.6 Å². The Hall–Kier alpha value is -0.580. The molecule has 3 nitrogen and oxygen atoms in total. The van der Waals surface area contributed by atoms with Crippen molar-refractivity contribution in [2.75, 3.05) is 20.3 Å². The zero-order chi connectivity index (χ0) is 12.0. The fourth-order valence-corrected chi connectivity index (χ4v) is 1.70. The predicted molar refractivity (Wildman–Crippen MR) is 66.8 cm³/mol. The molecule has 0 unspecified atom stereocenters. The molecule has 0 heterocycles. The quantitative estimate of drug-likeness (QED) is 0.818. The van der Waals surface area contributed by atoms with Crippen LogP contribution in [0.3, 0.4) is 0 Å². The molecule has 90 valence electrons. The fraction of sp³-hybridized carbons (Fsp3) is 0.500. The van der Waals surface area contributed by atoms with Crippen LogP contribution in [0.4, 0.5) is 0 Å². The topological polar surface area (TPSA) is 38.7 Å². The van der Waals surface area contributed by atoms with Crippen molar-refractivity contribution in [2.24, 2.45) is 0 Å². The summed E-state index contributed by atoms with van der Waals surface area (Å²) in [5, 5.41) is 9.58. The molecule has 1 N–H and O–H groups in total. The van der Waals surface area contributed by atoms with Gasteiger partial charge in [0.2, 0.25) is 0 Å². The molecule has 0 spiro atoms. The minimum Gasteiger partial charge on any atom is -0.493 e. The second-order valence-electron chi connectivity index (χ2n) is 3.55. The van der Waals surface area contributed by atoms with Crippen molar-refractivity contribution >= 4 is 15.9 Å². The second-order valence-corrected chi connectivity index (χ2v) is 4.47. The minimum absolute atomic E-state index is 0.523. The third-order valence-electron chi connectivity index (χ3n) is 2.18. The van der Waals surface area contributed by atoms with E-state index >= 15 is 0 Å². The summed E-state index contributed by atoms with van der Waals surface area (Å²) >= 11 is 3.38. The normalized spacial score (nSPS) is 12.5. The lowest BCUT2D eigenvalue weighted by atomic mass is 10.1. The van der Waals surface area contributed by atoms with Gasteiger partial charge >= 0.3 is 0 Å². The molecule has 0 saturated heterocycles. The number of hydrogen-bond acceptors (Lipinski definition) is 3. The van der Waals surface area contributed by atoms with E-state index in [2.05, 4.69) is 15.9 Å². The standard InChI is InChI=1S/C12H17BrO3/c1-9(14)11-5-4-10(13)8-12(11)16-7-3-6-15-2/h4-5,8-9,14H,3,6-7H2,1-2H3/t9-/m1/s1. The summed E-state index contributed by atoms with van der Waals surface area (Å²) in [5.74, 6) is 0.723. The van der Waals surface area contributed by atoms with Crippen LogP contribution in [0.1, 0.15) is 25.0 Å². The van der Waals surface area contributed by atoms with E-state index in [1.165, 1.54) is 0 Å². The van der Waals surface area contributed by atoms with Crippen LogP contribution in [0.5, 0.6) is 5.75 Å². The van der Waals surface area contributed by atoms with Crippen LogP contribution in [0.15, 0.2) is 22.7 Å². The van der Waals surface area contributed by atoms with Gasteiger partial charge in [0.25, 0.3) is 0 Å². The molecule has 16 heavy (non-hydrogen) atoms. The Balaban J connectivity index is 2.65. The van der Waals surface area contributed by atoms with Gasteiger partial charge in [-0.15, -0.1) is 0 Å². The zero-order valence-electron chi connectivity index (χ0n) is 9.57. The summed E-state index contributed by atoms with van der Waals surface area (Å²) < 4.78 is 11.5. The molecule has 0 bridgehead atoms. The Morgan fingerprint density at radius 1 is 1.38 bits per heavy atom. The van der Waals surface area contributed by atoms with E-state index in [0.717, 1.165) is 22.2 Å². The van der Waals surface area contributed by atoms with Crippen LogP contribution in [-0.2, 0) is 4.74 Å². The molecule has 0 aliphatic carbocycles. The largest absolute Gasteiger partial charge is 0.493 e. The van der Waals surface area contributed by atoms with Crippen molar-refractivity contribution in [3.05, 3.63) is 28.2 Å². The van der Waals surface area contributed by atoms with Crippen molar-refractivity contribution < 1.29 is 14.6 Å². The van der Waals surface area contributed by atoms with E-state index < -0.39 is 6.10 Å². The average Bonchev–Trinajstić information content (AvgIpc) is 2.24. The highest BCUT2D eigenvalue weighted by molar-refractivity contribution is 9.10. The molecule has 0 aromatic heterocycles. The van der Waals surface area contributed by atoms with Crippen LogP contribution in [0, 0.1) is 0 Å². The number of hydrogen-bond donors (Lipinski definition) is 1. The number of methoxy groups -OCH3 is 1. The van der Waals surface area contributed by atoms with Crippen LogP contribution in [0.2, 0.25) is 0 Å². The van der Waals surface area contributed by atoms with Gasteiger partial charge in [-0.25, -0.2) is 0 Å². The molecule has 0 aliphatic rings. The molecular formula is C12H17BrO3. The average molecular weight is 289 g/mol. The number of rotatable bonds is 6. The Bertz CT molecular complexity index is 326. The van der Waals surface area contributed by atoms with E-state index in [9.17, 15) is 5.11 Å². The number of aliphatic hydroxyl groups excluding tert-OH is 1. The third-order valence-corrected chi connectivity index (χ3v) is 2.67. The molecule has 4 heteroatoms. The van der Waals surface area contributed by atoms with Gasteiger partial charge in [0, 0.05) is 30.2 Å². The lowest BCUT2D eigenvalue weighted by Crippen LogP contribution is -2.04. The highest BCUT2D eigenvalue weighted by Gasteiger charge is 2.09. The van der Waals surface area contributed by atoms with Gasteiger partial charge in [0.15, 0.2) is 0 Å². The first-order chi connectivity index (χ1) is 7.65. The summed E-state index contributed by atoms with van der Waals surface area (Å²) in [6.07, 6.45) is 0.313. The van der Waals surface area contributed by atoms with E-state index in [4.69, 9.17) is 9.47 Å². The van der Waals surface area contributed by atoms with Crippen LogP contribution >= 0.6 is 15.9 Å². The van der Waals surface area contributed by atoms with Gasteiger partial charge in [-0.2, -0.15) is 0 Å². The number of benzene rings is 1. The highest BCUT2D eigenvalue weighted by atomic mass is 79.9. The van der Waals surface area contributed by atoms with Crippen molar-refractivity contribution in [3.63, 3.8) is 0 Å². The maximum absolute atomic E-state index is 9.58. The number of ether oxygens (including phenoxy) is 2. The molecule has 1 atom stereocenters. The Kier molecular flexibility index (Phi) is 5.80. The Morgan fingerprint density at radius 2 is 2.12 bits per heavy atom. The Labute approximate surface area is 105 Å². The molecule has 0 radical (unpaired) electrons. The lowest BCUT2D eigenvalue weighted by molar-refractivity contribution is 0.166. The fourth-order valence-electron chi connectivity index (χ4n) is 1.36. The van der Waals surface area contributed by atoms with Crippen molar-refractivity contribution in [1.82, 2.24) is 0 Å². The first-order valence-electron chi connectivity index (χ1n) is 5.24. The van der Waals surface area contributed by atoms with Crippen LogP contribution in [0.25, 0.3) is 0 Å². The van der Waals surface area contributed by atoms with Crippen LogP contribution in [-0.4, -0.2) is 25.4 Å². The number of halogens is 1. The summed E-state index contributed by atoms with van der Waals surface area (Å²) in [7, 11) is 1.67. The van der Waals surface area contributed by atoms with Crippen molar-refractivity contribution in [2.45, 2.75) is 19.4 Å². The van der Waals surface area contributed by atoms with Crippen LogP contribution < -0.4 is 4.74 Å². The predicted octanol–water partition coefficient (Wildman–Crippen LogP) is 2.92. The molecule has 1 rings (SSSR count). The van der Waals surface area contributed by atoms with Crippen molar-refractivity contribution in [3.8, 4) is 5.75 Å². The third kappa shape index (κ3) is 4.12. The summed E-state index contributed by atoms with van der Waals surface area (Å²) in [4.78, 5) is 0. The SMILES string of the molecule is COCCCOc1cc(Br)ccc1[C@@H](C)O. The molecule has 0 fully saturated rings. The van der Waals surface area contributed by atoms with E-state index in [-0.39, 0.29) is 0 Å². The van der Waals surface area contributed by atoms with E-state index in [0.29, 0.717) is 13.2 Å². The maximum atomic E-state index is 9.58. The van der Waals surface area contributed by atoms with Gasteiger partial charge in [-0.3, -0.25) is 0 Å². The monoisotopic (exact) mass is 288 g/mol. The zero-order valence-corrected chi connectivity index (χ0v) is 11.2. The maximum Gasteiger partial charge on any atom is 0.126 e. The smallest absolute Gasteiger partial charge is 0.126 e. The molecule has 0 aliphatic heterocycles. The molecule has 0 amide bonds. The molecule has 0 saturated carbocycles. The summed E-state index contributed by atoms with van der Waals surface area (Å²) in [6, 6.07) is 5.62. The van der Waals surface area contributed by atoms with Gasteiger partial charge in [-0.05, 0) is 19.1 Å². The second kappa shape index (κ2) is 6.89. The first-order valence-corrected chi connectivity index (χ1v) is 6.03. The molecule has 1 aromatic carbocycles. The van der Waals surface area contributed by atoms with Crippen molar-refractivity contribution in [1.29, 1.82) is 0 Å². The lowest BCUT2D eigenvalue weighted by Gasteiger charge is -2.13. The van der Waals surface area contributed by atoms with E-state index in [1.807, 2.05) is 18.2 Å².